The first-order valence-electron chi connectivity index (χ1n) is 7.32. The first-order valence-corrected chi connectivity index (χ1v) is 9.70. The Balaban J connectivity index is 1.51. The van der Waals surface area contributed by atoms with Crippen LogP contribution in [0.2, 0.25) is 0 Å². The van der Waals surface area contributed by atoms with Gasteiger partial charge in [0.25, 0.3) is 5.91 Å². The van der Waals surface area contributed by atoms with Gasteiger partial charge in [0.2, 0.25) is 10.0 Å². The van der Waals surface area contributed by atoms with Crippen LogP contribution in [0, 0.1) is 5.92 Å². The van der Waals surface area contributed by atoms with Gasteiger partial charge in [0.1, 0.15) is 5.69 Å². The Morgan fingerprint density at radius 2 is 1.96 bits per heavy atom. The molecule has 2 aliphatic rings. The maximum atomic E-state index is 12.7. The zero-order chi connectivity index (χ0) is 16.0. The molecule has 0 N–H and O–H groups in total. The highest BCUT2D eigenvalue weighted by Crippen LogP contribution is 2.36. The van der Waals surface area contributed by atoms with E-state index in [0.717, 1.165) is 0 Å². The lowest BCUT2D eigenvalue weighted by molar-refractivity contribution is 0.0322. The Morgan fingerprint density at radius 3 is 2.65 bits per heavy atom. The number of carbonyl (C=O) groups excluding carboxylic acids is 1. The van der Waals surface area contributed by atoms with E-state index in [-0.39, 0.29) is 17.9 Å². The number of amides is 1. The normalized spacial score (nSPS) is 24.3. The average molecular weight is 349 g/mol. The summed E-state index contributed by atoms with van der Waals surface area (Å²) in [5.41, 5.74) is 2.07. The van der Waals surface area contributed by atoms with Crippen LogP contribution >= 0.6 is 11.3 Å². The molecule has 0 saturated carbocycles. The summed E-state index contributed by atoms with van der Waals surface area (Å²) in [7, 11) is -3.49. The van der Waals surface area contributed by atoms with Crippen LogP contribution < -0.4 is 0 Å². The average Bonchev–Trinajstić information content (AvgIpc) is 3.17. The lowest BCUT2D eigenvalue weighted by Crippen LogP contribution is -2.58. The smallest absolute Gasteiger partial charge is 0.273 e. The maximum absolute atomic E-state index is 12.7. The van der Waals surface area contributed by atoms with Gasteiger partial charge < -0.3 is 4.90 Å². The van der Waals surface area contributed by atoms with Crippen molar-refractivity contribution in [3.63, 3.8) is 0 Å². The molecular formula is C15H15N3O3S2. The minimum atomic E-state index is -3.49. The Labute approximate surface area is 138 Å². The van der Waals surface area contributed by atoms with E-state index in [9.17, 15) is 13.2 Å². The molecule has 2 fully saturated rings. The number of carbonyl (C=O) groups is 1. The monoisotopic (exact) mass is 349 g/mol. The number of aromatic nitrogens is 1. The second kappa shape index (κ2) is 5.40. The van der Waals surface area contributed by atoms with Crippen molar-refractivity contribution in [1.29, 1.82) is 0 Å². The second-order valence-corrected chi connectivity index (χ2v) is 8.45. The zero-order valence-electron chi connectivity index (χ0n) is 12.2. The van der Waals surface area contributed by atoms with Crippen molar-refractivity contribution in [1.82, 2.24) is 14.2 Å². The van der Waals surface area contributed by atoms with Gasteiger partial charge in [-0.1, -0.05) is 18.2 Å². The van der Waals surface area contributed by atoms with E-state index in [2.05, 4.69) is 4.98 Å². The van der Waals surface area contributed by atoms with Gasteiger partial charge >= 0.3 is 0 Å². The first kappa shape index (κ1) is 14.8. The third-order valence-electron chi connectivity index (χ3n) is 4.50. The number of benzene rings is 1. The summed E-state index contributed by atoms with van der Waals surface area (Å²) in [5, 5.41) is 1.73. The van der Waals surface area contributed by atoms with Crippen molar-refractivity contribution in [2.45, 2.75) is 10.9 Å². The van der Waals surface area contributed by atoms with Crippen LogP contribution in [-0.4, -0.2) is 54.2 Å². The molecule has 2 aliphatic heterocycles. The number of fused-ring (bicyclic) bond motifs is 1. The van der Waals surface area contributed by atoms with Gasteiger partial charge in [0.05, 0.1) is 16.4 Å². The maximum Gasteiger partial charge on any atom is 0.273 e. The molecule has 2 unspecified atom stereocenters. The van der Waals surface area contributed by atoms with Gasteiger partial charge in [0.15, 0.2) is 0 Å². The van der Waals surface area contributed by atoms with Crippen LogP contribution in [0.15, 0.2) is 46.1 Å². The third-order valence-corrected chi connectivity index (χ3v) is 6.93. The number of sulfonamides is 1. The topological polar surface area (TPSA) is 70.6 Å². The number of thiazole rings is 1. The molecule has 0 radical (unpaired) electrons. The fourth-order valence-corrected chi connectivity index (χ4v) is 5.30. The van der Waals surface area contributed by atoms with Crippen molar-refractivity contribution >= 4 is 27.3 Å². The van der Waals surface area contributed by atoms with E-state index >= 15 is 0 Å². The molecule has 6 nitrogen and oxygen atoms in total. The highest BCUT2D eigenvalue weighted by molar-refractivity contribution is 7.89. The predicted molar refractivity (Wildman–Crippen MR) is 85.6 cm³/mol. The van der Waals surface area contributed by atoms with E-state index in [1.807, 2.05) is 0 Å². The summed E-state index contributed by atoms with van der Waals surface area (Å²) in [6.45, 7) is 1.43. The van der Waals surface area contributed by atoms with Crippen molar-refractivity contribution in [2.75, 3.05) is 19.6 Å². The number of likely N-dealkylation sites (tertiary alicyclic amines) is 1. The number of nitrogens with zero attached hydrogens (tertiary/aromatic N) is 3. The standard InChI is InChI=1S/C15H15N3O3S2/c19-15(13-9-22-10-16-13)18-7-11-6-17(8-14(11)18)23(20,21)12-4-2-1-3-5-12/h1-5,9-11,14H,6-8H2. The predicted octanol–water partition coefficient (Wildman–Crippen LogP) is 1.29. The highest BCUT2D eigenvalue weighted by Gasteiger charge is 2.51. The van der Waals surface area contributed by atoms with Crippen LogP contribution in [0.4, 0.5) is 0 Å². The SMILES string of the molecule is O=C(c1cscn1)N1CC2CN(S(=O)(=O)c3ccccc3)CC21. The van der Waals surface area contributed by atoms with Crippen molar-refractivity contribution in [3.8, 4) is 0 Å². The minimum Gasteiger partial charge on any atom is -0.332 e. The molecule has 3 heterocycles. The van der Waals surface area contributed by atoms with Gasteiger partial charge in [0, 0.05) is 30.9 Å². The summed E-state index contributed by atoms with van der Waals surface area (Å²) in [4.78, 5) is 18.4. The van der Waals surface area contributed by atoms with Crippen molar-refractivity contribution in [2.24, 2.45) is 5.92 Å². The largest absolute Gasteiger partial charge is 0.332 e. The first-order chi connectivity index (χ1) is 11.1. The fourth-order valence-electron chi connectivity index (χ4n) is 3.23. The highest BCUT2D eigenvalue weighted by atomic mass is 32.2. The molecule has 0 aliphatic carbocycles. The molecule has 4 rings (SSSR count). The molecule has 1 amide bonds. The second-order valence-electron chi connectivity index (χ2n) is 5.79. The lowest BCUT2D eigenvalue weighted by Gasteiger charge is -2.43. The van der Waals surface area contributed by atoms with Crippen LogP contribution in [0.1, 0.15) is 10.5 Å². The van der Waals surface area contributed by atoms with Crippen molar-refractivity contribution in [3.05, 3.63) is 46.9 Å². The molecule has 2 aromatic rings. The zero-order valence-corrected chi connectivity index (χ0v) is 13.8. The van der Waals surface area contributed by atoms with E-state index in [1.165, 1.54) is 15.6 Å². The Kier molecular flexibility index (Phi) is 3.47. The summed E-state index contributed by atoms with van der Waals surface area (Å²) < 4.78 is 26.8. The van der Waals surface area contributed by atoms with Gasteiger partial charge in [-0.2, -0.15) is 4.31 Å². The van der Waals surface area contributed by atoms with Gasteiger partial charge in [-0.15, -0.1) is 11.3 Å². The van der Waals surface area contributed by atoms with Crippen molar-refractivity contribution < 1.29 is 13.2 Å². The number of rotatable bonds is 3. The molecule has 2 atom stereocenters. The van der Waals surface area contributed by atoms with Gasteiger partial charge in [-0.25, -0.2) is 13.4 Å². The molecule has 8 heteroatoms. The van der Waals surface area contributed by atoms with Crippen LogP contribution in [0.3, 0.4) is 0 Å². The van der Waals surface area contributed by atoms with E-state index in [1.54, 1.807) is 46.1 Å². The van der Waals surface area contributed by atoms with Gasteiger partial charge in [-0.3, -0.25) is 4.79 Å². The summed E-state index contributed by atoms with van der Waals surface area (Å²) >= 11 is 1.38. The van der Waals surface area contributed by atoms with Gasteiger partial charge in [-0.05, 0) is 12.1 Å². The van der Waals surface area contributed by atoms with Crippen LogP contribution in [0.5, 0.6) is 0 Å². The fraction of sp³-hybridized carbons (Fsp3) is 0.333. The summed E-state index contributed by atoms with van der Waals surface area (Å²) in [6.07, 6.45) is 0. The molecule has 1 aromatic carbocycles. The molecule has 0 bridgehead atoms. The summed E-state index contributed by atoms with van der Waals surface area (Å²) in [6, 6.07) is 8.40. The Bertz CT molecular complexity index is 821. The molecule has 0 spiro atoms. The molecule has 1 aromatic heterocycles. The quantitative estimate of drug-likeness (QED) is 0.837. The van der Waals surface area contributed by atoms with E-state index in [4.69, 9.17) is 0 Å². The molecule has 23 heavy (non-hydrogen) atoms. The van der Waals surface area contributed by atoms with Crippen LogP contribution in [0.25, 0.3) is 0 Å². The van der Waals surface area contributed by atoms with E-state index < -0.39 is 10.0 Å². The minimum absolute atomic E-state index is 0.0392. The van der Waals surface area contributed by atoms with Crippen LogP contribution in [-0.2, 0) is 10.0 Å². The summed E-state index contributed by atoms with van der Waals surface area (Å²) in [5.74, 6) is 0.113. The third kappa shape index (κ3) is 2.37. The molecule has 120 valence electrons. The number of hydrogen-bond acceptors (Lipinski definition) is 5. The molecule has 2 saturated heterocycles. The molecular weight excluding hydrogens is 334 g/mol. The Morgan fingerprint density at radius 1 is 1.17 bits per heavy atom. The van der Waals surface area contributed by atoms with E-state index in [0.29, 0.717) is 30.2 Å². The lowest BCUT2D eigenvalue weighted by atomic mass is 9.92. The Hall–Kier alpha value is -1.77. The number of hydrogen-bond donors (Lipinski definition) is 0.